The van der Waals surface area contributed by atoms with Gasteiger partial charge in [0.05, 0.1) is 35.1 Å². The van der Waals surface area contributed by atoms with E-state index in [2.05, 4.69) is 10.1 Å². The largest absolute Gasteiger partial charge is 0.380 e. The van der Waals surface area contributed by atoms with Gasteiger partial charge in [-0.3, -0.25) is 4.68 Å². The van der Waals surface area contributed by atoms with Gasteiger partial charge in [0, 0.05) is 13.1 Å². The zero-order valence-electron chi connectivity index (χ0n) is 10.0. The molecule has 0 fully saturated rings. The number of aliphatic hydroxyl groups excluding tert-OH is 1. The van der Waals surface area contributed by atoms with Crippen LogP contribution in [0.3, 0.4) is 0 Å². The minimum absolute atomic E-state index is 0.231. The Hall–Kier alpha value is -1.33. The summed E-state index contributed by atoms with van der Waals surface area (Å²) < 4.78 is 3.48. The maximum absolute atomic E-state index is 10.4. The van der Waals surface area contributed by atoms with Gasteiger partial charge in [0.25, 0.3) is 0 Å². The van der Waals surface area contributed by atoms with Gasteiger partial charge in [0.15, 0.2) is 0 Å². The Morgan fingerprint density at radius 3 is 2.59 bits per heavy atom. The van der Waals surface area contributed by atoms with Gasteiger partial charge in [0.2, 0.25) is 0 Å². The number of aliphatic hydroxyl groups is 1. The molecule has 92 valence electrons. The highest BCUT2D eigenvalue weighted by molar-refractivity contribution is 6.31. The fourth-order valence-corrected chi connectivity index (χ4v) is 2.10. The lowest BCUT2D eigenvalue weighted by Crippen LogP contribution is -2.13. The third kappa shape index (κ3) is 2.08. The molecule has 0 aromatic carbocycles. The molecule has 2 rings (SSSR count). The van der Waals surface area contributed by atoms with Crippen LogP contribution in [0.2, 0.25) is 5.02 Å². The molecule has 1 N–H and O–H groups in total. The molecule has 0 amide bonds. The summed E-state index contributed by atoms with van der Waals surface area (Å²) in [5.74, 6) is 0. The van der Waals surface area contributed by atoms with Crippen LogP contribution in [-0.4, -0.2) is 24.4 Å². The monoisotopic (exact) mass is 254 g/mol. The highest BCUT2D eigenvalue weighted by Crippen LogP contribution is 2.28. The summed E-state index contributed by atoms with van der Waals surface area (Å²) >= 11 is 6.02. The van der Waals surface area contributed by atoms with Crippen molar-refractivity contribution in [3.63, 3.8) is 0 Å². The third-order valence-corrected chi connectivity index (χ3v) is 3.02. The van der Waals surface area contributed by atoms with Gasteiger partial charge in [-0.1, -0.05) is 11.6 Å². The van der Waals surface area contributed by atoms with Crippen LogP contribution in [0.1, 0.15) is 37.4 Å². The molecule has 0 aliphatic rings. The van der Waals surface area contributed by atoms with Gasteiger partial charge in [-0.25, -0.2) is 4.98 Å². The van der Waals surface area contributed by atoms with Crippen LogP contribution in [0, 0.1) is 0 Å². The number of aryl methyl sites for hydroxylation is 1. The van der Waals surface area contributed by atoms with E-state index in [1.165, 1.54) is 6.20 Å². The summed E-state index contributed by atoms with van der Waals surface area (Å²) in [6, 6.07) is 0.231. The Morgan fingerprint density at radius 1 is 1.35 bits per heavy atom. The fraction of sp³-hybridized carbons (Fsp3) is 0.455. The second-order valence-electron chi connectivity index (χ2n) is 4.22. The van der Waals surface area contributed by atoms with Crippen LogP contribution < -0.4 is 0 Å². The van der Waals surface area contributed by atoms with Crippen molar-refractivity contribution in [2.75, 3.05) is 0 Å². The maximum atomic E-state index is 10.4. The molecule has 2 heterocycles. The van der Waals surface area contributed by atoms with Crippen LogP contribution in [0.25, 0.3) is 0 Å². The van der Waals surface area contributed by atoms with Gasteiger partial charge in [-0.2, -0.15) is 5.10 Å². The van der Waals surface area contributed by atoms with E-state index >= 15 is 0 Å². The Balaban J connectivity index is 2.44. The highest BCUT2D eigenvalue weighted by atomic mass is 35.5. The van der Waals surface area contributed by atoms with Crippen LogP contribution >= 0.6 is 11.6 Å². The van der Waals surface area contributed by atoms with Gasteiger partial charge in [-0.05, 0) is 13.8 Å². The van der Waals surface area contributed by atoms with Gasteiger partial charge in [-0.15, -0.1) is 0 Å². The number of hydrogen-bond acceptors (Lipinski definition) is 3. The van der Waals surface area contributed by atoms with E-state index in [-0.39, 0.29) is 6.04 Å². The first kappa shape index (κ1) is 12.1. The van der Waals surface area contributed by atoms with Crippen molar-refractivity contribution in [1.82, 2.24) is 19.3 Å². The number of rotatable bonds is 3. The summed E-state index contributed by atoms with van der Waals surface area (Å²) in [6.45, 7) is 4.06. The van der Waals surface area contributed by atoms with Crippen molar-refractivity contribution < 1.29 is 5.11 Å². The molecule has 0 saturated heterocycles. The Labute approximate surface area is 105 Å². The lowest BCUT2D eigenvalue weighted by atomic mass is 10.2. The average molecular weight is 255 g/mol. The van der Waals surface area contributed by atoms with Crippen molar-refractivity contribution >= 4 is 11.6 Å². The van der Waals surface area contributed by atoms with Crippen molar-refractivity contribution in [3.05, 3.63) is 35.1 Å². The molecule has 17 heavy (non-hydrogen) atoms. The number of halogens is 1. The Bertz CT molecular complexity index is 498. The number of aromatic nitrogens is 4. The lowest BCUT2D eigenvalue weighted by Gasteiger charge is -2.17. The zero-order chi connectivity index (χ0) is 12.6. The maximum Gasteiger partial charge on any atom is 0.139 e. The first-order valence-electron chi connectivity index (χ1n) is 5.39. The number of imidazole rings is 1. The molecule has 1 unspecified atom stereocenters. The molecular formula is C11H15ClN4O. The van der Waals surface area contributed by atoms with E-state index < -0.39 is 6.10 Å². The molecule has 0 aliphatic heterocycles. The van der Waals surface area contributed by atoms with Crippen LogP contribution in [0.5, 0.6) is 0 Å². The molecule has 5 nitrogen and oxygen atoms in total. The smallest absolute Gasteiger partial charge is 0.139 e. The normalized spacial score (nSPS) is 13.3. The first-order chi connectivity index (χ1) is 8.02. The second kappa shape index (κ2) is 4.50. The fourth-order valence-electron chi connectivity index (χ4n) is 1.83. The van der Waals surface area contributed by atoms with Crippen molar-refractivity contribution in [3.8, 4) is 0 Å². The Morgan fingerprint density at radius 2 is 2.06 bits per heavy atom. The molecule has 2 aromatic rings. The van der Waals surface area contributed by atoms with E-state index in [1.807, 2.05) is 18.4 Å². The zero-order valence-corrected chi connectivity index (χ0v) is 10.8. The van der Waals surface area contributed by atoms with Crippen LogP contribution in [-0.2, 0) is 7.05 Å². The molecule has 0 aliphatic carbocycles. The van der Waals surface area contributed by atoms with Crippen LogP contribution in [0.15, 0.2) is 18.7 Å². The third-order valence-electron chi connectivity index (χ3n) is 2.73. The molecule has 2 aromatic heterocycles. The summed E-state index contributed by atoms with van der Waals surface area (Å²) in [5, 5.41) is 14.8. The summed E-state index contributed by atoms with van der Waals surface area (Å²) in [5.41, 5.74) is 1.29. The van der Waals surface area contributed by atoms with E-state index in [4.69, 9.17) is 11.6 Å². The summed E-state index contributed by atoms with van der Waals surface area (Å²) in [6.07, 6.45) is 4.05. The topological polar surface area (TPSA) is 55.9 Å². The van der Waals surface area contributed by atoms with Crippen molar-refractivity contribution in [2.45, 2.75) is 26.0 Å². The molecule has 1 atom stereocenters. The summed E-state index contributed by atoms with van der Waals surface area (Å²) in [7, 11) is 1.75. The first-order valence-corrected chi connectivity index (χ1v) is 5.77. The summed E-state index contributed by atoms with van der Waals surface area (Å²) in [4.78, 5) is 4.06. The predicted molar refractivity (Wildman–Crippen MR) is 64.9 cm³/mol. The molecule has 0 spiro atoms. The minimum atomic E-state index is -0.820. The standard InChI is InChI=1S/C11H15ClN4O/c1-7(2)16-6-13-5-9(16)11(17)10-8(12)4-14-15(10)3/h4-7,11,17H,1-3H3. The van der Waals surface area contributed by atoms with Gasteiger partial charge >= 0.3 is 0 Å². The van der Waals surface area contributed by atoms with E-state index in [0.29, 0.717) is 16.4 Å². The number of nitrogens with zero attached hydrogens (tertiary/aromatic N) is 4. The molecule has 0 radical (unpaired) electrons. The molecule has 0 saturated carbocycles. The lowest BCUT2D eigenvalue weighted by molar-refractivity contribution is 0.198. The Kier molecular flexibility index (Phi) is 3.22. The van der Waals surface area contributed by atoms with Crippen molar-refractivity contribution in [2.24, 2.45) is 7.05 Å². The van der Waals surface area contributed by atoms with Gasteiger partial charge in [0.1, 0.15) is 6.10 Å². The second-order valence-corrected chi connectivity index (χ2v) is 4.63. The quantitative estimate of drug-likeness (QED) is 0.911. The van der Waals surface area contributed by atoms with E-state index in [9.17, 15) is 5.11 Å². The molecule has 0 bridgehead atoms. The highest BCUT2D eigenvalue weighted by Gasteiger charge is 2.22. The SMILES string of the molecule is CC(C)n1cncc1C(O)c1c(Cl)cnn1C. The van der Waals surface area contributed by atoms with E-state index in [1.54, 1.807) is 24.3 Å². The van der Waals surface area contributed by atoms with E-state index in [0.717, 1.165) is 0 Å². The van der Waals surface area contributed by atoms with Crippen molar-refractivity contribution in [1.29, 1.82) is 0 Å². The molecular weight excluding hydrogens is 240 g/mol. The minimum Gasteiger partial charge on any atom is -0.380 e. The molecule has 6 heteroatoms. The van der Waals surface area contributed by atoms with Crippen LogP contribution in [0.4, 0.5) is 0 Å². The predicted octanol–water partition coefficient (Wildman–Crippen LogP) is 1.93. The number of hydrogen-bond donors (Lipinski definition) is 1. The van der Waals surface area contributed by atoms with Gasteiger partial charge < -0.3 is 9.67 Å². The average Bonchev–Trinajstić information content (AvgIpc) is 2.85.